The van der Waals surface area contributed by atoms with Gasteiger partial charge < -0.3 is 9.47 Å². The summed E-state index contributed by atoms with van der Waals surface area (Å²) in [7, 11) is 0. The first kappa shape index (κ1) is 20.3. The Morgan fingerprint density at radius 2 is 1.67 bits per heavy atom. The highest BCUT2D eigenvalue weighted by atomic mass is 19.1. The second-order valence-corrected chi connectivity index (χ2v) is 7.99. The first-order valence-electron chi connectivity index (χ1n) is 10.5. The lowest BCUT2D eigenvalue weighted by molar-refractivity contribution is 0.0608. The average Bonchev–Trinajstić information content (AvgIpc) is 3.19. The van der Waals surface area contributed by atoms with Gasteiger partial charge in [-0.25, -0.2) is 8.78 Å². The summed E-state index contributed by atoms with van der Waals surface area (Å²) < 4.78 is 29.4. The van der Waals surface area contributed by atoms with Crippen molar-refractivity contribution in [2.24, 2.45) is 0 Å². The molecule has 1 heterocycles. The third-order valence-electron chi connectivity index (χ3n) is 5.85. The molecule has 5 heteroatoms. The van der Waals surface area contributed by atoms with Crippen LogP contribution in [0.25, 0.3) is 0 Å². The van der Waals surface area contributed by atoms with E-state index >= 15 is 0 Å². The van der Waals surface area contributed by atoms with Crippen molar-refractivity contribution in [2.75, 3.05) is 0 Å². The molecular formula is C25H26F2N2O. The molecule has 0 saturated heterocycles. The molecule has 3 aromatic rings. The smallest absolute Gasteiger partial charge is 0.254 e. The number of rotatable bonds is 6. The predicted molar refractivity (Wildman–Crippen MR) is 113 cm³/mol. The minimum atomic E-state index is -0.404. The Morgan fingerprint density at radius 3 is 2.40 bits per heavy atom. The molecule has 4 rings (SSSR count). The third-order valence-corrected chi connectivity index (χ3v) is 5.85. The fourth-order valence-electron chi connectivity index (χ4n) is 4.30. The largest absolute Gasteiger partial charge is 0.345 e. The summed E-state index contributed by atoms with van der Waals surface area (Å²) in [6.07, 6.45) is 7.27. The highest BCUT2D eigenvalue weighted by Crippen LogP contribution is 2.26. The number of halogens is 2. The molecule has 0 bridgehead atoms. The van der Waals surface area contributed by atoms with E-state index in [-0.39, 0.29) is 17.8 Å². The van der Waals surface area contributed by atoms with Crippen molar-refractivity contribution in [1.82, 2.24) is 9.47 Å². The Bertz CT molecular complexity index is 1010. The number of aromatic nitrogens is 1. The minimum absolute atomic E-state index is 0.139. The topological polar surface area (TPSA) is 25.2 Å². The van der Waals surface area contributed by atoms with Crippen molar-refractivity contribution >= 4 is 5.91 Å². The first-order chi connectivity index (χ1) is 14.6. The zero-order valence-electron chi connectivity index (χ0n) is 16.9. The van der Waals surface area contributed by atoms with Crippen LogP contribution in [0.5, 0.6) is 0 Å². The van der Waals surface area contributed by atoms with E-state index in [9.17, 15) is 13.6 Å². The van der Waals surface area contributed by atoms with Gasteiger partial charge in [0.1, 0.15) is 11.6 Å². The number of benzene rings is 2. The molecule has 0 spiro atoms. The van der Waals surface area contributed by atoms with Crippen LogP contribution < -0.4 is 0 Å². The van der Waals surface area contributed by atoms with Gasteiger partial charge in [0, 0.05) is 30.0 Å². The van der Waals surface area contributed by atoms with Crippen molar-refractivity contribution < 1.29 is 13.6 Å². The molecule has 1 aromatic heterocycles. The standard InChI is InChI=1S/C25H26F2N2O/c26-21-9-4-7-19(15-21)17-28-14-6-13-24(28)18-29(23-11-2-1-3-12-23)25(30)20-8-5-10-22(27)16-20/h4-10,13-16,23H,1-3,11-12,17-18H2. The van der Waals surface area contributed by atoms with Crippen LogP contribution in [-0.2, 0) is 13.1 Å². The SMILES string of the molecule is O=C(c1cccc(F)c1)N(Cc1cccn1Cc1cccc(F)c1)C1CCCCC1. The number of hydrogen-bond donors (Lipinski definition) is 0. The highest BCUT2D eigenvalue weighted by molar-refractivity contribution is 5.94. The van der Waals surface area contributed by atoms with Crippen LogP contribution in [0.1, 0.15) is 53.7 Å². The summed E-state index contributed by atoms with van der Waals surface area (Å²) in [6.45, 7) is 0.981. The van der Waals surface area contributed by atoms with Gasteiger partial charge in [0.15, 0.2) is 0 Å². The molecule has 0 N–H and O–H groups in total. The van der Waals surface area contributed by atoms with E-state index in [0.29, 0.717) is 18.7 Å². The van der Waals surface area contributed by atoms with E-state index in [1.807, 2.05) is 33.9 Å². The van der Waals surface area contributed by atoms with Gasteiger partial charge in [-0.3, -0.25) is 4.79 Å². The maximum atomic E-state index is 13.7. The van der Waals surface area contributed by atoms with E-state index in [4.69, 9.17) is 0 Å². The second kappa shape index (κ2) is 9.24. The fourth-order valence-corrected chi connectivity index (χ4v) is 4.30. The fraction of sp³-hybridized carbons (Fsp3) is 0.320. The molecule has 0 unspecified atom stereocenters. The quantitative estimate of drug-likeness (QED) is 0.507. The molecule has 0 radical (unpaired) electrons. The van der Waals surface area contributed by atoms with Crippen molar-refractivity contribution in [1.29, 1.82) is 0 Å². The van der Waals surface area contributed by atoms with E-state index in [0.717, 1.165) is 36.9 Å². The summed E-state index contributed by atoms with van der Waals surface area (Å²) in [4.78, 5) is 15.2. The van der Waals surface area contributed by atoms with Gasteiger partial charge in [-0.05, 0) is 60.9 Å². The summed E-state index contributed by atoms with van der Waals surface area (Å²) in [5.41, 5.74) is 2.23. The van der Waals surface area contributed by atoms with E-state index < -0.39 is 5.82 Å². The molecule has 3 nitrogen and oxygen atoms in total. The van der Waals surface area contributed by atoms with Gasteiger partial charge >= 0.3 is 0 Å². The lowest BCUT2D eigenvalue weighted by atomic mass is 9.93. The van der Waals surface area contributed by atoms with Crippen LogP contribution in [0, 0.1) is 11.6 Å². The van der Waals surface area contributed by atoms with Gasteiger partial charge in [0.25, 0.3) is 5.91 Å². The number of carbonyl (C=O) groups excluding carboxylic acids is 1. The van der Waals surface area contributed by atoms with Gasteiger partial charge in [-0.15, -0.1) is 0 Å². The van der Waals surface area contributed by atoms with Crippen LogP contribution in [0.2, 0.25) is 0 Å². The van der Waals surface area contributed by atoms with E-state index in [2.05, 4.69) is 0 Å². The zero-order chi connectivity index (χ0) is 20.9. The van der Waals surface area contributed by atoms with Crippen molar-refractivity contribution in [3.05, 3.63) is 95.3 Å². The molecular weight excluding hydrogens is 382 g/mol. The Kier molecular flexibility index (Phi) is 6.26. The number of nitrogens with zero attached hydrogens (tertiary/aromatic N) is 2. The van der Waals surface area contributed by atoms with Gasteiger partial charge in [-0.1, -0.05) is 37.5 Å². The van der Waals surface area contributed by atoms with Crippen molar-refractivity contribution in [2.45, 2.75) is 51.2 Å². The Labute approximate surface area is 175 Å². The molecule has 1 amide bonds. The van der Waals surface area contributed by atoms with Crippen LogP contribution in [-0.4, -0.2) is 21.4 Å². The first-order valence-corrected chi connectivity index (χ1v) is 10.5. The number of hydrogen-bond acceptors (Lipinski definition) is 1. The van der Waals surface area contributed by atoms with Crippen LogP contribution in [0.3, 0.4) is 0 Å². The maximum absolute atomic E-state index is 13.7. The summed E-state index contributed by atoms with van der Waals surface area (Å²) in [6, 6.07) is 16.6. The third kappa shape index (κ3) is 4.78. The van der Waals surface area contributed by atoms with Crippen LogP contribution in [0.15, 0.2) is 66.9 Å². The summed E-state index contributed by atoms with van der Waals surface area (Å²) in [5.74, 6) is -0.801. The van der Waals surface area contributed by atoms with Crippen LogP contribution >= 0.6 is 0 Å². The van der Waals surface area contributed by atoms with E-state index in [1.54, 1.807) is 18.2 Å². The summed E-state index contributed by atoms with van der Waals surface area (Å²) in [5, 5.41) is 0. The second-order valence-electron chi connectivity index (χ2n) is 7.99. The number of amides is 1. The normalized spacial score (nSPS) is 14.6. The predicted octanol–water partition coefficient (Wildman–Crippen LogP) is 5.79. The molecule has 0 atom stereocenters. The molecule has 30 heavy (non-hydrogen) atoms. The molecule has 156 valence electrons. The molecule has 1 saturated carbocycles. The lowest BCUT2D eigenvalue weighted by Gasteiger charge is -2.35. The van der Waals surface area contributed by atoms with E-state index in [1.165, 1.54) is 30.7 Å². The summed E-state index contributed by atoms with van der Waals surface area (Å²) >= 11 is 0. The Hall–Kier alpha value is -2.95. The maximum Gasteiger partial charge on any atom is 0.254 e. The van der Waals surface area contributed by atoms with Gasteiger partial charge in [0.05, 0.1) is 6.54 Å². The molecule has 1 aliphatic carbocycles. The molecule has 0 aliphatic heterocycles. The highest BCUT2D eigenvalue weighted by Gasteiger charge is 2.27. The Morgan fingerprint density at radius 1 is 0.933 bits per heavy atom. The van der Waals surface area contributed by atoms with Gasteiger partial charge in [0.2, 0.25) is 0 Å². The molecule has 1 aliphatic rings. The molecule has 1 fully saturated rings. The Balaban J connectivity index is 1.59. The zero-order valence-corrected chi connectivity index (χ0v) is 16.9. The van der Waals surface area contributed by atoms with Crippen LogP contribution in [0.4, 0.5) is 8.78 Å². The van der Waals surface area contributed by atoms with Gasteiger partial charge in [-0.2, -0.15) is 0 Å². The number of carbonyl (C=O) groups is 1. The minimum Gasteiger partial charge on any atom is -0.345 e. The lowest BCUT2D eigenvalue weighted by Crippen LogP contribution is -2.41. The average molecular weight is 408 g/mol. The van der Waals surface area contributed by atoms with Crippen molar-refractivity contribution in [3.8, 4) is 0 Å². The monoisotopic (exact) mass is 408 g/mol. The molecule has 2 aromatic carbocycles. The van der Waals surface area contributed by atoms with Crippen molar-refractivity contribution in [3.63, 3.8) is 0 Å².